The second-order valence-electron chi connectivity index (χ2n) is 7.47. The van der Waals surface area contributed by atoms with E-state index in [0.29, 0.717) is 5.02 Å². The SMILES string of the molecule is C[C@@H](c1cccc(Cl)c1CNc1cc(F)c(S(=O)(=O)Nc2cscn2)c(F)c1)N1CCC1. The predicted molar refractivity (Wildman–Crippen MR) is 123 cm³/mol. The van der Waals surface area contributed by atoms with Gasteiger partial charge in [0.25, 0.3) is 10.0 Å². The highest BCUT2D eigenvalue weighted by Crippen LogP contribution is 2.32. The average Bonchev–Trinajstić information content (AvgIpc) is 3.16. The molecule has 1 atom stereocenters. The lowest BCUT2D eigenvalue weighted by Gasteiger charge is -2.37. The molecule has 0 amide bonds. The Bertz CT molecular complexity index is 1200. The molecular formula is C21H21ClF2N4O2S2. The molecule has 1 aromatic heterocycles. The van der Waals surface area contributed by atoms with Gasteiger partial charge in [-0.05, 0) is 55.8 Å². The lowest BCUT2D eigenvalue weighted by molar-refractivity contribution is 0.128. The van der Waals surface area contributed by atoms with Gasteiger partial charge in [0.15, 0.2) is 10.7 Å². The smallest absolute Gasteiger partial charge is 0.268 e. The van der Waals surface area contributed by atoms with E-state index in [-0.39, 0.29) is 24.1 Å². The fourth-order valence-electron chi connectivity index (χ4n) is 3.64. The average molecular weight is 499 g/mol. The molecule has 1 aliphatic heterocycles. The third kappa shape index (κ3) is 4.73. The zero-order valence-electron chi connectivity index (χ0n) is 17.1. The maximum Gasteiger partial charge on any atom is 0.268 e. The molecule has 1 saturated heterocycles. The number of likely N-dealkylation sites (tertiary alicyclic amines) is 1. The van der Waals surface area contributed by atoms with Crippen LogP contribution in [0.25, 0.3) is 0 Å². The van der Waals surface area contributed by atoms with Crippen LogP contribution in [0.4, 0.5) is 20.3 Å². The number of thiazole rings is 1. The first-order valence-electron chi connectivity index (χ1n) is 9.91. The zero-order chi connectivity index (χ0) is 22.9. The topological polar surface area (TPSA) is 74.3 Å². The number of nitrogens with one attached hydrogen (secondary N) is 2. The molecule has 0 aliphatic carbocycles. The molecule has 1 fully saturated rings. The van der Waals surface area contributed by atoms with Gasteiger partial charge in [0.2, 0.25) is 0 Å². The van der Waals surface area contributed by atoms with E-state index >= 15 is 0 Å². The zero-order valence-corrected chi connectivity index (χ0v) is 19.5. The van der Waals surface area contributed by atoms with E-state index in [1.54, 1.807) is 6.07 Å². The minimum atomic E-state index is -4.47. The highest BCUT2D eigenvalue weighted by atomic mass is 35.5. The van der Waals surface area contributed by atoms with E-state index < -0.39 is 26.6 Å². The van der Waals surface area contributed by atoms with Crippen molar-refractivity contribution in [1.82, 2.24) is 9.88 Å². The van der Waals surface area contributed by atoms with Gasteiger partial charge in [-0.25, -0.2) is 22.2 Å². The third-order valence-corrected chi connectivity index (χ3v) is 7.80. The van der Waals surface area contributed by atoms with E-state index in [4.69, 9.17) is 11.6 Å². The van der Waals surface area contributed by atoms with Crippen molar-refractivity contribution in [2.24, 2.45) is 0 Å². The molecule has 4 rings (SSSR count). The summed E-state index contributed by atoms with van der Waals surface area (Å²) in [5.41, 5.74) is 3.38. The van der Waals surface area contributed by atoms with Crippen LogP contribution in [0.3, 0.4) is 0 Å². The van der Waals surface area contributed by atoms with Crippen molar-refractivity contribution in [1.29, 1.82) is 0 Å². The Morgan fingerprint density at radius 1 is 1.25 bits per heavy atom. The summed E-state index contributed by atoms with van der Waals surface area (Å²) in [4.78, 5) is 5.04. The second-order valence-corrected chi connectivity index (χ2v) is 10.2. The molecule has 2 N–H and O–H groups in total. The van der Waals surface area contributed by atoms with Crippen molar-refractivity contribution in [2.45, 2.75) is 30.8 Å². The number of rotatable bonds is 8. The van der Waals surface area contributed by atoms with Gasteiger partial charge in [-0.1, -0.05) is 23.7 Å². The Hall–Kier alpha value is -2.27. The Labute approximate surface area is 194 Å². The summed E-state index contributed by atoms with van der Waals surface area (Å²) in [6, 6.07) is 7.71. The van der Waals surface area contributed by atoms with Crippen LogP contribution >= 0.6 is 22.9 Å². The maximum atomic E-state index is 14.7. The van der Waals surface area contributed by atoms with Crippen LogP contribution in [0, 0.1) is 11.6 Å². The summed E-state index contributed by atoms with van der Waals surface area (Å²) in [7, 11) is -4.47. The molecule has 6 nitrogen and oxygen atoms in total. The minimum Gasteiger partial charge on any atom is -0.381 e. The molecule has 0 spiro atoms. The number of anilines is 2. The van der Waals surface area contributed by atoms with E-state index in [1.807, 2.05) is 12.1 Å². The van der Waals surface area contributed by atoms with E-state index in [2.05, 4.69) is 26.8 Å². The molecule has 170 valence electrons. The van der Waals surface area contributed by atoms with E-state index in [1.165, 1.54) is 10.9 Å². The summed E-state index contributed by atoms with van der Waals surface area (Å²) in [5, 5.41) is 4.94. The fourth-order valence-corrected chi connectivity index (χ4v) is 5.57. The molecule has 3 aromatic rings. The molecule has 0 radical (unpaired) electrons. The van der Waals surface area contributed by atoms with Gasteiger partial charge in [0.05, 0.1) is 5.51 Å². The lowest BCUT2D eigenvalue weighted by atomic mass is 9.97. The van der Waals surface area contributed by atoms with Crippen molar-refractivity contribution < 1.29 is 17.2 Å². The number of hydrogen-bond acceptors (Lipinski definition) is 6. The summed E-state index contributed by atoms with van der Waals surface area (Å²) in [6.45, 7) is 4.36. The van der Waals surface area contributed by atoms with Crippen molar-refractivity contribution >= 4 is 44.5 Å². The Balaban J connectivity index is 1.55. The number of sulfonamides is 1. The van der Waals surface area contributed by atoms with Crippen molar-refractivity contribution in [2.75, 3.05) is 23.1 Å². The normalized spacial score (nSPS) is 15.2. The van der Waals surface area contributed by atoms with Crippen molar-refractivity contribution in [3.05, 3.63) is 69.0 Å². The van der Waals surface area contributed by atoms with Crippen LogP contribution < -0.4 is 10.0 Å². The van der Waals surface area contributed by atoms with Crippen LogP contribution in [0.5, 0.6) is 0 Å². The Morgan fingerprint density at radius 3 is 2.56 bits per heavy atom. The number of hydrogen-bond donors (Lipinski definition) is 2. The molecule has 2 heterocycles. The molecule has 0 saturated carbocycles. The fraction of sp³-hybridized carbons (Fsp3) is 0.286. The monoisotopic (exact) mass is 498 g/mol. The Morgan fingerprint density at radius 2 is 1.97 bits per heavy atom. The molecule has 32 heavy (non-hydrogen) atoms. The van der Waals surface area contributed by atoms with Gasteiger partial charge >= 0.3 is 0 Å². The van der Waals surface area contributed by atoms with Crippen LogP contribution in [-0.4, -0.2) is 31.4 Å². The van der Waals surface area contributed by atoms with Gasteiger partial charge in [-0.2, -0.15) is 0 Å². The summed E-state index contributed by atoms with van der Waals surface area (Å²) < 4.78 is 56.2. The summed E-state index contributed by atoms with van der Waals surface area (Å²) in [6.07, 6.45) is 1.16. The molecule has 0 unspecified atom stereocenters. The van der Waals surface area contributed by atoms with Crippen LogP contribution in [0.2, 0.25) is 5.02 Å². The van der Waals surface area contributed by atoms with Gasteiger partial charge < -0.3 is 5.32 Å². The molecular weight excluding hydrogens is 478 g/mol. The Kier molecular flexibility index (Phi) is 6.66. The summed E-state index contributed by atoms with van der Waals surface area (Å²) in [5.74, 6) is -2.41. The molecule has 11 heteroatoms. The summed E-state index contributed by atoms with van der Waals surface area (Å²) >= 11 is 7.57. The first kappa shape index (κ1) is 22.9. The standard InChI is InChI=1S/C21H21ClF2N4O2S2/c1-13(28-6-3-7-28)15-4-2-5-17(22)16(15)10-25-14-8-18(23)21(19(24)9-14)32(29,30)27-20-11-31-12-26-20/h2,4-5,8-9,11-13,25,27H,3,6-7,10H2,1H3/t13-/m0/s1. The maximum absolute atomic E-state index is 14.7. The number of halogens is 3. The number of nitrogens with zero attached hydrogens (tertiary/aromatic N) is 2. The van der Waals surface area contributed by atoms with Crippen molar-refractivity contribution in [3.8, 4) is 0 Å². The first-order chi connectivity index (χ1) is 15.3. The van der Waals surface area contributed by atoms with Crippen molar-refractivity contribution in [3.63, 3.8) is 0 Å². The van der Waals surface area contributed by atoms with Gasteiger partial charge in [-0.3, -0.25) is 9.62 Å². The quantitative estimate of drug-likeness (QED) is 0.443. The molecule has 2 aromatic carbocycles. The van der Waals surface area contributed by atoms with Crippen LogP contribution in [0.1, 0.15) is 30.5 Å². The van der Waals surface area contributed by atoms with E-state index in [9.17, 15) is 17.2 Å². The number of aromatic nitrogens is 1. The first-order valence-corrected chi connectivity index (χ1v) is 12.7. The minimum absolute atomic E-state index is 0.00132. The van der Waals surface area contributed by atoms with Crippen LogP contribution in [-0.2, 0) is 16.6 Å². The largest absolute Gasteiger partial charge is 0.381 e. The van der Waals surface area contributed by atoms with Crippen LogP contribution in [0.15, 0.2) is 46.1 Å². The van der Waals surface area contributed by atoms with Gasteiger partial charge in [0.1, 0.15) is 11.6 Å². The van der Waals surface area contributed by atoms with E-state index in [0.717, 1.165) is 54.1 Å². The molecule has 1 aliphatic rings. The highest BCUT2D eigenvalue weighted by Gasteiger charge is 2.27. The van der Waals surface area contributed by atoms with Gasteiger partial charge in [0, 0.05) is 28.7 Å². The number of benzene rings is 2. The highest BCUT2D eigenvalue weighted by molar-refractivity contribution is 7.92. The second kappa shape index (κ2) is 9.30. The lowest BCUT2D eigenvalue weighted by Crippen LogP contribution is -2.39. The predicted octanol–water partition coefficient (Wildman–Crippen LogP) is 5.25. The molecule has 0 bridgehead atoms. The van der Waals surface area contributed by atoms with Gasteiger partial charge in [-0.15, -0.1) is 11.3 Å². The third-order valence-electron chi connectivity index (χ3n) is 5.45.